The molecule has 7 nitrogen and oxygen atoms in total. The Labute approximate surface area is 101 Å². The van der Waals surface area contributed by atoms with E-state index >= 15 is 0 Å². The minimum atomic E-state index is -1.41. The Balaban J connectivity index is 2.43. The van der Waals surface area contributed by atoms with Crippen LogP contribution in [0.4, 0.5) is 5.69 Å². The number of imide groups is 3. The predicted octanol–water partition coefficient (Wildman–Crippen LogP) is -0.134. The quantitative estimate of drug-likeness (QED) is 0.427. The summed E-state index contributed by atoms with van der Waals surface area (Å²) >= 11 is 0. The molecule has 1 heterocycles. The second-order valence-corrected chi connectivity index (χ2v) is 3.68. The van der Waals surface area contributed by atoms with Gasteiger partial charge in [0.25, 0.3) is 11.8 Å². The summed E-state index contributed by atoms with van der Waals surface area (Å²) in [6.45, 7) is 0. The molecule has 1 aliphatic rings. The number of anilines is 1. The smallest absolute Gasteiger partial charge is 0.312 e. The van der Waals surface area contributed by atoms with Crippen LogP contribution in [0.15, 0.2) is 18.2 Å². The van der Waals surface area contributed by atoms with Gasteiger partial charge < -0.3 is 10.8 Å². The average Bonchev–Trinajstić information content (AvgIpc) is 2.51. The van der Waals surface area contributed by atoms with Crippen molar-refractivity contribution in [1.82, 2.24) is 4.90 Å². The maximum absolute atomic E-state index is 11.9. The number of amides is 3. The molecule has 0 radical (unpaired) electrons. The van der Waals surface area contributed by atoms with Crippen LogP contribution in [0.25, 0.3) is 0 Å². The average molecular weight is 248 g/mol. The van der Waals surface area contributed by atoms with E-state index in [4.69, 9.17) is 10.8 Å². The highest BCUT2D eigenvalue weighted by Gasteiger charge is 2.41. The van der Waals surface area contributed by atoms with E-state index in [9.17, 15) is 19.2 Å². The van der Waals surface area contributed by atoms with Crippen LogP contribution in [0.2, 0.25) is 0 Å². The molecule has 1 aliphatic heterocycles. The van der Waals surface area contributed by atoms with Gasteiger partial charge in [-0.25, -0.2) is 4.90 Å². The van der Waals surface area contributed by atoms with E-state index < -0.39 is 30.1 Å². The van der Waals surface area contributed by atoms with Crippen LogP contribution in [0.1, 0.15) is 27.1 Å². The zero-order valence-electron chi connectivity index (χ0n) is 9.04. The first kappa shape index (κ1) is 11.8. The fraction of sp³-hybridized carbons (Fsp3) is 0.0909. The first-order valence-corrected chi connectivity index (χ1v) is 4.95. The topological polar surface area (TPSA) is 118 Å². The molecule has 0 saturated heterocycles. The Bertz CT molecular complexity index is 593. The van der Waals surface area contributed by atoms with Gasteiger partial charge in [-0.05, 0) is 12.1 Å². The van der Waals surface area contributed by atoms with Gasteiger partial charge in [0.2, 0.25) is 5.91 Å². The van der Waals surface area contributed by atoms with Crippen molar-refractivity contribution in [3.63, 3.8) is 0 Å². The monoisotopic (exact) mass is 248 g/mol. The van der Waals surface area contributed by atoms with Gasteiger partial charge in [-0.1, -0.05) is 6.07 Å². The second-order valence-electron chi connectivity index (χ2n) is 3.68. The number of hydrogen-bond acceptors (Lipinski definition) is 5. The number of nitrogen functional groups attached to an aromatic ring is 1. The van der Waals surface area contributed by atoms with Crippen LogP contribution >= 0.6 is 0 Å². The summed E-state index contributed by atoms with van der Waals surface area (Å²) in [6.07, 6.45) is -0.925. The van der Waals surface area contributed by atoms with Crippen molar-refractivity contribution in [3.8, 4) is 0 Å². The molecule has 0 fully saturated rings. The standard InChI is InChI=1S/C11H8N2O5/c12-6-3-1-2-5-9(6)11(18)13(10(5)17)7(14)4-8(15)16/h1-3H,4,12H2,(H,15,16). The number of hydrogen-bond donors (Lipinski definition) is 2. The number of carboxylic acid groups (broad SMARTS) is 1. The van der Waals surface area contributed by atoms with Crippen LogP contribution in [-0.4, -0.2) is 33.7 Å². The third kappa shape index (κ3) is 1.61. The van der Waals surface area contributed by atoms with Crippen molar-refractivity contribution in [2.45, 2.75) is 6.42 Å². The van der Waals surface area contributed by atoms with Crippen LogP contribution < -0.4 is 5.73 Å². The molecule has 0 atom stereocenters. The maximum atomic E-state index is 11.9. The van der Waals surface area contributed by atoms with Gasteiger partial charge in [-0.3, -0.25) is 19.2 Å². The number of carbonyl (C=O) groups excluding carboxylic acids is 3. The molecule has 1 aromatic carbocycles. The third-order valence-corrected chi connectivity index (χ3v) is 2.50. The van der Waals surface area contributed by atoms with Gasteiger partial charge in [-0.15, -0.1) is 0 Å². The highest BCUT2D eigenvalue weighted by atomic mass is 16.4. The fourth-order valence-corrected chi connectivity index (χ4v) is 1.75. The molecule has 0 spiro atoms. The molecule has 0 aliphatic carbocycles. The van der Waals surface area contributed by atoms with E-state index in [1.54, 1.807) is 0 Å². The lowest BCUT2D eigenvalue weighted by Crippen LogP contribution is -2.37. The van der Waals surface area contributed by atoms with Crippen molar-refractivity contribution in [2.75, 3.05) is 5.73 Å². The summed E-state index contributed by atoms with van der Waals surface area (Å²) in [5.74, 6) is -4.20. The Morgan fingerprint density at radius 2 is 1.89 bits per heavy atom. The second kappa shape index (κ2) is 3.95. The summed E-state index contributed by atoms with van der Waals surface area (Å²) in [6, 6.07) is 4.26. The van der Waals surface area contributed by atoms with Gasteiger partial charge in [0, 0.05) is 5.69 Å². The molecular formula is C11H8N2O5. The number of aliphatic carboxylic acids is 1. The molecular weight excluding hydrogens is 240 g/mol. The van der Waals surface area contributed by atoms with Crippen LogP contribution in [0, 0.1) is 0 Å². The minimum absolute atomic E-state index is 0.0127. The summed E-state index contributed by atoms with van der Waals surface area (Å²) in [7, 11) is 0. The lowest BCUT2D eigenvalue weighted by molar-refractivity contribution is -0.142. The van der Waals surface area contributed by atoms with Crippen molar-refractivity contribution >= 4 is 29.4 Å². The Morgan fingerprint density at radius 3 is 2.44 bits per heavy atom. The Morgan fingerprint density at radius 1 is 1.22 bits per heavy atom. The van der Waals surface area contributed by atoms with Crippen LogP contribution in [0.5, 0.6) is 0 Å². The first-order chi connectivity index (χ1) is 8.43. The Kier molecular flexibility index (Phi) is 2.59. The normalized spacial score (nSPS) is 13.7. The lowest BCUT2D eigenvalue weighted by Gasteiger charge is -2.09. The summed E-state index contributed by atoms with van der Waals surface area (Å²) < 4.78 is 0. The maximum Gasteiger partial charge on any atom is 0.312 e. The zero-order valence-corrected chi connectivity index (χ0v) is 9.04. The van der Waals surface area contributed by atoms with Crippen molar-refractivity contribution < 1.29 is 24.3 Å². The van der Waals surface area contributed by atoms with E-state index in [1.807, 2.05) is 0 Å². The molecule has 0 saturated carbocycles. The van der Waals surface area contributed by atoms with E-state index in [0.29, 0.717) is 4.90 Å². The summed E-state index contributed by atoms with van der Waals surface area (Å²) in [5.41, 5.74) is 5.60. The summed E-state index contributed by atoms with van der Waals surface area (Å²) in [4.78, 5) is 45.9. The van der Waals surface area contributed by atoms with E-state index in [1.165, 1.54) is 18.2 Å². The predicted molar refractivity (Wildman–Crippen MR) is 58.6 cm³/mol. The SMILES string of the molecule is Nc1cccc2c1C(=O)N(C(=O)CC(=O)O)C2=O. The van der Waals surface area contributed by atoms with Gasteiger partial charge in [0.15, 0.2) is 0 Å². The van der Waals surface area contributed by atoms with Crippen molar-refractivity contribution in [1.29, 1.82) is 0 Å². The van der Waals surface area contributed by atoms with Crippen molar-refractivity contribution in [3.05, 3.63) is 29.3 Å². The largest absolute Gasteiger partial charge is 0.481 e. The molecule has 1 aromatic rings. The Hall–Kier alpha value is -2.70. The molecule has 7 heteroatoms. The van der Waals surface area contributed by atoms with Gasteiger partial charge in [0.1, 0.15) is 6.42 Å². The number of carboxylic acids is 1. The lowest BCUT2D eigenvalue weighted by atomic mass is 10.1. The minimum Gasteiger partial charge on any atom is -0.481 e. The molecule has 18 heavy (non-hydrogen) atoms. The van der Waals surface area contributed by atoms with Gasteiger partial charge in [0.05, 0.1) is 11.1 Å². The third-order valence-electron chi connectivity index (χ3n) is 2.50. The zero-order chi connectivity index (χ0) is 13.4. The number of nitrogens with zero attached hydrogens (tertiary/aromatic N) is 1. The molecule has 2 rings (SSSR count). The molecule has 0 aromatic heterocycles. The van der Waals surface area contributed by atoms with Gasteiger partial charge >= 0.3 is 5.97 Å². The number of benzene rings is 1. The molecule has 92 valence electrons. The number of rotatable bonds is 2. The van der Waals surface area contributed by atoms with Crippen molar-refractivity contribution in [2.24, 2.45) is 0 Å². The van der Waals surface area contributed by atoms with E-state index in [-0.39, 0.29) is 16.8 Å². The van der Waals surface area contributed by atoms with Crippen LogP contribution in [0.3, 0.4) is 0 Å². The van der Waals surface area contributed by atoms with Crippen LogP contribution in [-0.2, 0) is 9.59 Å². The molecule has 3 N–H and O–H groups in total. The van der Waals surface area contributed by atoms with E-state index in [0.717, 1.165) is 0 Å². The summed E-state index contributed by atoms with van der Waals surface area (Å²) in [5, 5.41) is 8.49. The number of carbonyl (C=O) groups is 4. The first-order valence-electron chi connectivity index (χ1n) is 4.95. The number of nitrogens with two attached hydrogens (primary N) is 1. The molecule has 0 unspecified atom stereocenters. The van der Waals surface area contributed by atoms with E-state index in [2.05, 4.69) is 0 Å². The highest BCUT2D eigenvalue weighted by Crippen LogP contribution is 2.27. The fourth-order valence-electron chi connectivity index (χ4n) is 1.75. The molecule has 0 bridgehead atoms. The van der Waals surface area contributed by atoms with Gasteiger partial charge in [-0.2, -0.15) is 0 Å². The molecule has 3 amide bonds. The highest BCUT2D eigenvalue weighted by molar-refractivity contribution is 6.31. The number of fused-ring (bicyclic) bond motifs is 1.